The lowest BCUT2D eigenvalue weighted by molar-refractivity contribution is -0.137. The number of amides is 3. The van der Waals surface area contributed by atoms with Crippen LogP contribution in [0, 0.1) is 11.7 Å². The van der Waals surface area contributed by atoms with E-state index in [0.717, 1.165) is 6.07 Å². The first-order chi connectivity index (χ1) is 15.2. The second-order valence-electron chi connectivity index (χ2n) is 8.31. The van der Waals surface area contributed by atoms with Crippen LogP contribution >= 0.6 is 0 Å². The third kappa shape index (κ3) is 3.51. The summed E-state index contributed by atoms with van der Waals surface area (Å²) in [6, 6.07) is 8.46. The summed E-state index contributed by atoms with van der Waals surface area (Å²) in [6.45, 7) is 0.243. The van der Waals surface area contributed by atoms with Gasteiger partial charge in [-0.3, -0.25) is 4.79 Å². The maximum absolute atomic E-state index is 13.6. The zero-order chi connectivity index (χ0) is 22.6. The monoisotopic (exact) mass is 445 g/mol. The second kappa shape index (κ2) is 7.36. The number of carbonyl (C=O) groups excluding carboxylic acids is 2. The number of nitrogens with zero attached hydrogens (tertiary/aromatic N) is 2. The van der Waals surface area contributed by atoms with Gasteiger partial charge in [-0.25, -0.2) is 9.18 Å². The summed E-state index contributed by atoms with van der Waals surface area (Å²) in [7, 11) is 0. The number of carbonyl (C=O) groups is 2. The van der Waals surface area contributed by atoms with Gasteiger partial charge in [-0.05, 0) is 53.3 Å². The van der Waals surface area contributed by atoms with E-state index in [0.29, 0.717) is 29.8 Å². The van der Waals surface area contributed by atoms with Gasteiger partial charge in [-0.15, -0.1) is 0 Å². The van der Waals surface area contributed by atoms with Crippen LogP contribution in [0.3, 0.4) is 0 Å². The molecule has 2 aliphatic heterocycles. The highest BCUT2D eigenvalue weighted by atomic mass is 19.4. The topological polar surface area (TPSA) is 52.7 Å². The average Bonchev–Trinajstić information content (AvgIpc) is 3.35. The maximum atomic E-state index is 13.6. The van der Waals surface area contributed by atoms with Crippen LogP contribution in [0.2, 0.25) is 0 Å². The summed E-state index contributed by atoms with van der Waals surface area (Å²) in [5, 5.41) is 2.64. The van der Waals surface area contributed by atoms with Crippen LogP contribution in [0.4, 0.5) is 28.0 Å². The number of nitrogens with one attached hydrogen (secondary N) is 1. The summed E-state index contributed by atoms with van der Waals surface area (Å²) in [5.74, 6) is -0.811. The summed E-state index contributed by atoms with van der Waals surface area (Å²) in [5.41, 5.74) is 0.915. The van der Waals surface area contributed by atoms with Crippen molar-refractivity contribution in [1.82, 2.24) is 9.80 Å². The van der Waals surface area contributed by atoms with Crippen molar-refractivity contribution in [3.8, 4) is 0 Å². The van der Waals surface area contributed by atoms with E-state index in [1.807, 2.05) is 6.08 Å². The molecule has 3 amide bonds. The third-order valence-electron chi connectivity index (χ3n) is 6.25. The van der Waals surface area contributed by atoms with Crippen molar-refractivity contribution in [1.29, 1.82) is 0 Å². The second-order valence-corrected chi connectivity index (χ2v) is 8.31. The van der Waals surface area contributed by atoms with Gasteiger partial charge in [0.25, 0.3) is 0 Å². The zero-order valence-corrected chi connectivity index (χ0v) is 16.8. The fourth-order valence-corrected chi connectivity index (χ4v) is 4.84. The molecule has 3 aliphatic rings. The number of halogens is 4. The summed E-state index contributed by atoms with van der Waals surface area (Å²) in [4.78, 5) is 28.3. The number of benzene rings is 2. The van der Waals surface area contributed by atoms with Crippen molar-refractivity contribution >= 4 is 23.2 Å². The molecule has 0 saturated carbocycles. The Bertz CT molecular complexity index is 1140. The van der Waals surface area contributed by atoms with E-state index in [1.165, 1.54) is 35.2 Å². The average molecular weight is 445 g/mol. The predicted octanol–water partition coefficient (Wildman–Crippen LogP) is 4.51. The van der Waals surface area contributed by atoms with Gasteiger partial charge < -0.3 is 15.1 Å². The molecule has 2 heterocycles. The number of likely N-dealkylation sites (tertiary alicyclic amines) is 1. The van der Waals surface area contributed by atoms with Gasteiger partial charge in [-0.2, -0.15) is 13.2 Å². The quantitative estimate of drug-likeness (QED) is 0.707. The molecule has 1 saturated heterocycles. The van der Waals surface area contributed by atoms with Gasteiger partial charge in [0.1, 0.15) is 12.4 Å². The fourth-order valence-electron chi connectivity index (χ4n) is 4.84. The van der Waals surface area contributed by atoms with Crippen LogP contribution in [0.25, 0.3) is 5.57 Å². The van der Waals surface area contributed by atoms with Gasteiger partial charge in [0.05, 0.1) is 18.2 Å². The number of anilines is 1. The molecule has 166 valence electrons. The highest BCUT2D eigenvalue weighted by Crippen LogP contribution is 2.45. The first-order valence-electron chi connectivity index (χ1n) is 10.2. The van der Waals surface area contributed by atoms with Crippen LogP contribution in [-0.4, -0.2) is 40.9 Å². The van der Waals surface area contributed by atoms with Crippen molar-refractivity contribution in [2.75, 3.05) is 18.4 Å². The van der Waals surface area contributed by atoms with E-state index in [1.54, 1.807) is 11.0 Å². The highest BCUT2D eigenvalue weighted by molar-refractivity contribution is 5.95. The van der Waals surface area contributed by atoms with E-state index in [9.17, 15) is 27.2 Å². The summed E-state index contributed by atoms with van der Waals surface area (Å²) in [6.07, 6.45) is -2.11. The van der Waals surface area contributed by atoms with Crippen molar-refractivity contribution in [2.24, 2.45) is 5.92 Å². The van der Waals surface area contributed by atoms with Gasteiger partial charge in [-0.1, -0.05) is 24.3 Å². The third-order valence-corrected chi connectivity index (χ3v) is 6.25. The molecule has 2 unspecified atom stereocenters. The Labute approximate surface area is 181 Å². The van der Waals surface area contributed by atoms with Gasteiger partial charge in [0, 0.05) is 12.2 Å². The Morgan fingerprint density at radius 3 is 2.69 bits per heavy atom. The van der Waals surface area contributed by atoms with Crippen molar-refractivity contribution in [3.05, 3.63) is 71.0 Å². The van der Waals surface area contributed by atoms with Crippen LogP contribution in [0.5, 0.6) is 0 Å². The Hall–Kier alpha value is -3.36. The van der Waals surface area contributed by atoms with E-state index >= 15 is 0 Å². The minimum Gasteiger partial charge on any atom is -0.333 e. The molecule has 2 aromatic rings. The van der Waals surface area contributed by atoms with Gasteiger partial charge >= 0.3 is 12.2 Å². The Kier molecular flexibility index (Phi) is 4.72. The molecular weight excluding hydrogens is 426 g/mol. The molecular formula is C23H19F4N3O2. The summed E-state index contributed by atoms with van der Waals surface area (Å²) < 4.78 is 54.1. The first-order valence-corrected chi connectivity index (χ1v) is 10.2. The van der Waals surface area contributed by atoms with Crippen LogP contribution in [-0.2, 0) is 17.5 Å². The van der Waals surface area contributed by atoms with Crippen molar-refractivity contribution in [2.45, 2.75) is 25.2 Å². The number of fused-ring (bicyclic) bond motifs is 3. The molecule has 0 aromatic heterocycles. The number of alkyl halides is 3. The molecule has 1 aliphatic carbocycles. The van der Waals surface area contributed by atoms with E-state index in [-0.39, 0.29) is 30.5 Å². The Morgan fingerprint density at radius 1 is 1.16 bits per heavy atom. The van der Waals surface area contributed by atoms with Crippen molar-refractivity contribution < 1.29 is 27.2 Å². The lowest BCUT2D eigenvalue weighted by Crippen LogP contribution is -2.48. The van der Waals surface area contributed by atoms with Crippen LogP contribution in [0.1, 0.15) is 23.1 Å². The van der Waals surface area contributed by atoms with Crippen molar-refractivity contribution in [3.63, 3.8) is 0 Å². The van der Waals surface area contributed by atoms with E-state index in [4.69, 9.17) is 0 Å². The van der Waals surface area contributed by atoms with Gasteiger partial charge in [0.2, 0.25) is 5.91 Å². The van der Waals surface area contributed by atoms with Gasteiger partial charge in [0.15, 0.2) is 0 Å². The molecule has 2 bridgehead atoms. The van der Waals surface area contributed by atoms with Crippen LogP contribution < -0.4 is 5.32 Å². The number of hydrogen-bond donors (Lipinski definition) is 1. The largest absolute Gasteiger partial charge is 0.416 e. The molecule has 5 nitrogen and oxygen atoms in total. The minimum atomic E-state index is -4.50. The number of urea groups is 1. The molecule has 2 atom stereocenters. The van der Waals surface area contributed by atoms with E-state index < -0.39 is 29.6 Å². The summed E-state index contributed by atoms with van der Waals surface area (Å²) >= 11 is 0. The highest BCUT2D eigenvalue weighted by Gasteiger charge is 2.45. The minimum absolute atomic E-state index is 0.0229. The maximum Gasteiger partial charge on any atom is 0.416 e. The molecule has 9 heteroatoms. The number of hydrogen-bond acceptors (Lipinski definition) is 2. The lowest BCUT2D eigenvalue weighted by atomic mass is 9.95. The molecule has 1 N–H and O–H groups in total. The standard InChI is InChI=1S/C23H19F4N3O2/c24-15-5-6-19-14(9-15)11-29(22(32)28-19)12-21(31)30-10-13-7-17(20(30)8-13)16-3-1-2-4-18(16)23(25,26)27/h1-7,9,13,20H,8,10-12H2,(H,28,32). The van der Waals surface area contributed by atoms with Crippen LogP contribution in [0.15, 0.2) is 48.5 Å². The molecule has 5 rings (SSSR count). The SMILES string of the molecule is O=C1Nc2ccc(F)cc2CN1CC(=O)N1CC2C=C(c3ccccc3C(F)(F)F)C1C2. The first kappa shape index (κ1) is 20.5. The zero-order valence-electron chi connectivity index (χ0n) is 16.8. The molecule has 1 fully saturated rings. The van der Waals surface area contributed by atoms with E-state index in [2.05, 4.69) is 5.32 Å². The molecule has 0 radical (unpaired) electrons. The lowest BCUT2D eigenvalue weighted by Gasteiger charge is -2.33. The predicted molar refractivity (Wildman–Crippen MR) is 109 cm³/mol. The number of rotatable bonds is 3. The normalized spacial score (nSPS) is 22.0. The Morgan fingerprint density at radius 2 is 1.94 bits per heavy atom. The molecule has 2 aromatic carbocycles. The smallest absolute Gasteiger partial charge is 0.333 e. The molecule has 0 spiro atoms. The molecule has 32 heavy (non-hydrogen) atoms. The fraction of sp³-hybridized carbons (Fsp3) is 0.304. The Balaban J connectivity index is 1.35.